The molecule has 0 aliphatic carbocycles. The topological polar surface area (TPSA) is 88.1 Å². The molecule has 0 aliphatic rings. The zero-order valence-electron chi connectivity index (χ0n) is 19.2. The van der Waals surface area contributed by atoms with E-state index < -0.39 is 31.7 Å². The fourth-order valence-corrected chi connectivity index (χ4v) is 4.14. The first kappa shape index (κ1) is 28.6. The van der Waals surface area contributed by atoms with E-state index in [0.29, 0.717) is 6.42 Å². The molecule has 0 spiro atoms. The summed E-state index contributed by atoms with van der Waals surface area (Å²) in [6, 6.07) is 0. The molecule has 0 aromatic carbocycles. The summed E-state index contributed by atoms with van der Waals surface area (Å²) in [5, 5.41) is 0. The molecule has 8 heteroatoms. The SMILES string of the molecule is C=C(C)C(=O)OC(C)COP(=O)(CCCCCCCC)OCC(C)OC(=O)C(=C)C. The number of unbranched alkanes of at least 4 members (excludes halogenated alkanes) is 5. The summed E-state index contributed by atoms with van der Waals surface area (Å²) < 4.78 is 34.7. The van der Waals surface area contributed by atoms with Crippen molar-refractivity contribution in [3.8, 4) is 0 Å². The average Bonchev–Trinajstić information content (AvgIpc) is 2.67. The molecule has 0 amide bonds. The monoisotopic (exact) mass is 446 g/mol. The normalized spacial score (nSPS) is 15.0. The molecule has 0 radical (unpaired) electrons. The van der Waals surface area contributed by atoms with Gasteiger partial charge in [0, 0.05) is 11.1 Å². The van der Waals surface area contributed by atoms with Crippen molar-refractivity contribution in [2.45, 2.75) is 85.4 Å². The molecule has 0 saturated heterocycles. The average molecular weight is 447 g/mol. The van der Waals surface area contributed by atoms with E-state index in [-0.39, 0.29) is 30.5 Å². The first-order chi connectivity index (χ1) is 14.0. The Bertz CT molecular complexity index is 573. The van der Waals surface area contributed by atoms with Crippen molar-refractivity contribution in [2.75, 3.05) is 19.4 Å². The quantitative estimate of drug-likeness (QED) is 0.125. The van der Waals surface area contributed by atoms with Gasteiger partial charge in [-0.2, -0.15) is 0 Å². The zero-order valence-corrected chi connectivity index (χ0v) is 20.1. The maximum absolute atomic E-state index is 13.2. The van der Waals surface area contributed by atoms with Crippen LogP contribution in [0.1, 0.15) is 73.1 Å². The fraction of sp³-hybridized carbons (Fsp3) is 0.727. The molecule has 0 rings (SSSR count). The number of hydrogen-bond acceptors (Lipinski definition) is 7. The van der Waals surface area contributed by atoms with Crippen molar-refractivity contribution in [3.63, 3.8) is 0 Å². The van der Waals surface area contributed by atoms with Gasteiger partial charge in [-0.05, 0) is 34.1 Å². The summed E-state index contributed by atoms with van der Waals surface area (Å²) in [6.07, 6.45) is 5.22. The summed E-state index contributed by atoms with van der Waals surface area (Å²) in [6.45, 7) is 15.5. The van der Waals surface area contributed by atoms with Crippen molar-refractivity contribution in [1.29, 1.82) is 0 Å². The van der Waals surface area contributed by atoms with Crippen LogP contribution in [0.3, 0.4) is 0 Å². The van der Waals surface area contributed by atoms with Crippen LogP contribution < -0.4 is 0 Å². The molecule has 0 aromatic rings. The lowest BCUT2D eigenvalue weighted by Gasteiger charge is -2.23. The predicted molar refractivity (Wildman–Crippen MR) is 118 cm³/mol. The number of carbonyl (C=O) groups excluding carboxylic acids is 2. The van der Waals surface area contributed by atoms with Crippen molar-refractivity contribution in [1.82, 2.24) is 0 Å². The van der Waals surface area contributed by atoms with Crippen LogP contribution >= 0.6 is 7.60 Å². The molecule has 0 bridgehead atoms. The van der Waals surface area contributed by atoms with E-state index in [0.717, 1.165) is 25.7 Å². The number of ether oxygens (including phenoxy) is 2. The minimum atomic E-state index is -3.44. The molecule has 0 aromatic heterocycles. The summed E-state index contributed by atoms with van der Waals surface area (Å²) in [7, 11) is -3.44. The van der Waals surface area contributed by atoms with Crippen LogP contribution in [0.4, 0.5) is 0 Å². The highest BCUT2D eigenvalue weighted by Gasteiger charge is 2.27. The third-order valence-corrected chi connectivity index (χ3v) is 6.06. The van der Waals surface area contributed by atoms with E-state index in [1.807, 2.05) is 0 Å². The second kappa shape index (κ2) is 15.4. The lowest BCUT2D eigenvalue weighted by molar-refractivity contribution is -0.145. The van der Waals surface area contributed by atoms with Crippen LogP contribution in [-0.4, -0.2) is 43.5 Å². The molecular weight excluding hydrogens is 407 g/mol. The maximum Gasteiger partial charge on any atom is 0.333 e. The first-order valence-electron chi connectivity index (χ1n) is 10.6. The maximum atomic E-state index is 13.2. The fourth-order valence-electron chi connectivity index (χ4n) is 2.32. The lowest BCUT2D eigenvalue weighted by Crippen LogP contribution is -2.23. The lowest BCUT2D eigenvalue weighted by atomic mass is 10.1. The van der Waals surface area contributed by atoms with Gasteiger partial charge in [0.25, 0.3) is 0 Å². The summed E-state index contributed by atoms with van der Waals surface area (Å²) in [5.74, 6) is -1.06. The Kier molecular flexibility index (Phi) is 14.7. The molecule has 0 N–H and O–H groups in total. The Labute approximate surface area is 181 Å². The molecule has 0 heterocycles. The molecule has 2 unspecified atom stereocenters. The largest absolute Gasteiger partial charge is 0.457 e. The Balaban J connectivity index is 4.75. The predicted octanol–water partition coefficient (Wildman–Crippen LogP) is 5.59. The van der Waals surface area contributed by atoms with Gasteiger partial charge in [-0.3, -0.25) is 4.57 Å². The van der Waals surface area contributed by atoms with Gasteiger partial charge in [-0.25, -0.2) is 9.59 Å². The Morgan fingerprint density at radius 1 is 0.800 bits per heavy atom. The number of carbonyl (C=O) groups is 2. The van der Waals surface area contributed by atoms with Gasteiger partial charge < -0.3 is 18.5 Å². The summed E-state index contributed by atoms with van der Waals surface area (Å²) in [5.41, 5.74) is 0.558. The second-order valence-electron chi connectivity index (χ2n) is 7.69. The van der Waals surface area contributed by atoms with Gasteiger partial charge in [0.15, 0.2) is 0 Å². The van der Waals surface area contributed by atoms with Crippen LogP contribution in [0.15, 0.2) is 24.3 Å². The van der Waals surface area contributed by atoms with Gasteiger partial charge in [-0.15, -0.1) is 0 Å². The molecule has 0 aliphatic heterocycles. The third kappa shape index (κ3) is 13.7. The molecule has 0 fully saturated rings. The van der Waals surface area contributed by atoms with E-state index in [4.69, 9.17) is 18.5 Å². The third-order valence-electron chi connectivity index (χ3n) is 4.11. The smallest absolute Gasteiger partial charge is 0.333 e. The van der Waals surface area contributed by atoms with E-state index >= 15 is 0 Å². The van der Waals surface area contributed by atoms with Crippen molar-refractivity contribution < 1.29 is 32.7 Å². The highest BCUT2D eigenvalue weighted by molar-refractivity contribution is 7.53. The van der Waals surface area contributed by atoms with E-state index in [1.54, 1.807) is 27.7 Å². The highest BCUT2D eigenvalue weighted by Crippen LogP contribution is 2.49. The molecule has 2 atom stereocenters. The van der Waals surface area contributed by atoms with Crippen molar-refractivity contribution in [2.24, 2.45) is 0 Å². The molecular formula is C22H39O7P. The van der Waals surface area contributed by atoms with Crippen LogP contribution in [0.5, 0.6) is 0 Å². The van der Waals surface area contributed by atoms with Gasteiger partial charge in [-0.1, -0.05) is 52.2 Å². The molecule has 7 nitrogen and oxygen atoms in total. The van der Waals surface area contributed by atoms with E-state index in [2.05, 4.69) is 20.1 Å². The number of rotatable bonds is 17. The van der Waals surface area contributed by atoms with Gasteiger partial charge in [0.2, 0.25) is 0 Å². The van der Waals surface area contributed by atoms with E-state index in [9.17, 15) is 14.2 Å². The number of hydrogen-bond donors (Lipinski definition) is 0. The summed E-state index contributed by atoms with van der Waals surface area (Å²) >= 11 is 0. The second-order valence-corrected chi connectivity index (χ2v) is 9.87. The summed E-state index contributed by atoms with van der Waals surface area (Å²) in [4.78, 5) is 23.2. The van der Waals surface area contributed by atoms with Gasteiger partial charge >= 0.3 is 19.5 Å². The van der Waals surface area contributed by atoms with Crippen LogP contribution in [0.2, 0.25) is 0 Å². The Hall–Kier alpha value is -1.43. The number of esters is 2. The Morgan fingerprint density at radius 2 is 1.20 bits per heavy atom. The van der Waals surface area contributed by atoms with Crippen molar-refractivity contribution >= 4 is 19.5 Å². The molecule has 174 valence electrons. The van der Waals surface area contributed by atoms with Crippen LogP contribution in [0.25, 0.3) is 0 Å². The van der Waals surface area contributed by atoms with E-state index in [1.165, 1.54) is 6.42 Å². The Morgan fingerprint density at radius 3 is 1.60 bits per heavy atom. The van der Waals surface area contributed by atoms with Gasteiger partial charge in [0.1, 0.15) is 12.2 Å². The first-order valence-corrected chi connectivity index (χ1v) is 12.3. The standard InChI is InChI=1S/C22H39O7P/c1-8-9-10-11-12-13-14-30(25,26-15-19(6)28-21(23)17(2)3)27-16-20(7)29-22(24)18(4)5/h19-20H,2,4,8-16H2,1,3,5-7H3. The van der Waals surface area contributed by atoms with Crippen molar-refractivity contribution in [3.05, 3.63) is 24.3 Å². The minimum absolute atomic E-state index is 0.0634. The van der Waals surface area contributed by atoms with Gasteiger partial charge in [0.05, 0.1) is 19.4 Å². The zero-order chi connectivity index (χ0) is 23.2. The highest BCUT2D eigenvalue weighted by atomic mass is 31.2. The van der Waals surface area contributed by atoms with Crippen LogP contribution in [0, 0.1) is 0 Å². The molecule has 30 heavy (non-hydrogen) atoms. The van der Waals surface area contributed by atoms with Crippen LogP contribution in [-0.2, 0) is 32.7 Å². The molecule has 0 saturated carbocycles. The minimum Gasteiger partial charge on any atom is -0.457 e.